The summed E-state index contributed by atoms with van der Waals surface area (Å²) in [7, 11) is 0. The third-order valence-electron chi connectivity index (χ3n) is 3.33. The van der Waals surface area contributed by atoms with Gasteiger partial charge in [0.1, 0.15) is 16.5 Å². The SMILES string of the molecule is Clc1cccc(Oc2ccc(CNC3CC3)c(Br)c2)c1Cl. The van der Waals surface area contributed by atoms with Gasteiger partial charge in [0.05, 0.1) is 5.02 Å². The molecular formula is C16H14BrCl2NO. The van der Waals surface area contributed by atoms with E-state index >= 15 is 0 Å². The van der Waals surface area contributed by atoms with Crippen molar-refractivity contribution in [3.05, 3.63) is 56.5 Å². The minimum Gasteiger partial charge on any atom is -0.456 e. The van der Waals surface area contributed by atoms with Crippen molar-refractivity contribution in [1.82, 2.24) is 5.32 Å². The summed E-state index contributed by atoms with van der Waals surface area (Å²) in [6.45, 7) is 0.865. The second kappa shape index (κ2) is 6.57. The van der Waals surface area contributed by atoms with E-state index in [1.54, 1.807) is 12.1 Å². The molecule has 1 fully saturated rings. The van der Waals surface area contributed by atoms with Crippen molar-refractivity contribution in [3.63, 3.8) is 0 Å². The van der Waals surface area contributed by atoms with Gasteiger partial charge >= 0.3 is 0 Å². The minimum atomic E-state index is 0.426. The van der Waals surface area contributed by atoms with Crippen molar-refractivity contribution in [2.45, 2.75) is 25.4 Å². The molecule has 2 aromatic rings. The average Bonchev–Trinajstić information content (AvgIpc) is 3.27. The van der Waals surface area contributed by atoms with Gasteiger partial charge in [-0.2, -0.15) is 0 Å². The van der Waals surface area contributed by atoms with Crippen LogP contribution < -0.4 is 10.1 Å². The first kappa shape index (κ1) is 15.2. The van der Waals surface area contributed by atoms with E-state index in [4.69, 9.17) is 27.9 Å². The van der Waals surface area contributed by atoms with Crippen molar-refractivity contribution in [2.24, 2.45) is 0 Å². The predicted octanol–water partition coefficient (Wildman–Crippen LogP) is 5.80. The lowest BCUT2D eigenvalue weighted by Gasteiger charge is -2.11. The van der Waals surface area contributed by atoms with Crippen molar-refractivity contribution in [2.75, 3.05) is 0 Å². The molecule has 0 heterocycles. The Bertz CT molecular complexity index is 659. The van der Waals surface area contributed by atoms with E-state index in [1.807, 2.05) is 24.3 Å². The fourth-order valence-corrected chi connectivity index (χ4v) is 2.79. The zero-order chi connectivity index (χ0) is 14.8. The summed E-state index contributed by atoms with van der Waals surface area (Å²) >= 11 is 15.7. The quantitative estimate of drug-likeness (QED) is 0.700. The first-order valence-corrected chi connectivity index (χ1v) is 8.32. The molecular weight excluding hydrogens is 373 g/mol. The molecule has 0 saturated heterocycles. The Morgan fingerprint density at radius 3 is 2.71 bits per heavy atom. The van der Waals surface area contributed by atoms with E-state index in [0.717, 1.165) is 16.8 Å². The van der Waals surface area contributed by atoms with Gasteiger partial charge in [-0.25, -0.2) is 0 Å². The third kappa shape index (κ3) is 3.92. The summed E-state index contributed by atoms with van der Waals surface area (Å²) in [4.78, 5) is 0. The Morgan fingerprint density at radius 2 is 2.00 bits per heavy atom. The molecule has 2 nitrogen and oxygen atoms in total. The molecule has 0 atom stereocenters. The smallest absolute Gasteiger partial charge is 0.147 e. The summed E-state index contributed by atoms with van der Waals surface area (Å²) in [5.74, 6) is 1.28. The Balaban J connectivity index is 1.73. The van der Waals surface area contributed by atoms with Crippen molar-refractivity contribution in [3.8, 4) is 11.5 Å². The van der Waals surface area contributed by atoms with Gasteiger partial charge in [-0.05, 0) is 42.7 Å². The zero-order valence-corrected chi connectivity index (χ0v) is 14.3. The lowest BCUT2D eigenvalue weighted by Crippen LogP contribution is -2.15. The Hall–Kier alpha value is -0.740. The number of hydrogen-bond donors (Lipinski definition) is 1. The molecule has 0 aliphatic heterocycles. The first-order chi connectivity index (χ1) is 10.1. The highest BCUT2D eigenvalue weighted by Crippen LogP contribution is 2.35. The summed E-state index contributed by atoms with van der Waals surface area (Å²) in [5, 5.41) is 4.40. The minimum absolute atomic E-state index is 0.426. The van der Waals surface area contributed by atoms with Gasteiger partial charge in [-0.15, -0.1) is 0 Å². The molecule has 1 aliphatic carbocycles. The molecule has 110 valence electrons. The van der Waals surface area contributed by atoms with E-state index in [0.29, 0.717) is 21.8 Å². The zero-order valence-electron chi connectivity index (χ0n) is 11.2. The van der Waals surface area contributed by atoms with Gasteiger partial charge in [0.25, 0.3) is 0 Å². The van der Waals surface area contributed by atoms with Crippen LogP contribution >= 0.6 is 39.1 Å². The summed E-state index contributed by atoms with van der Waals surface area (Å²) in [6, 6.07) is 12.0. The molecule has 0 aromatic heterocycles. The highest BCUT2D eigenvalue weighted by molar-refractivity contribution is 9.10. The van der Waals surface area contributed by atoms with E-state index < -0.39 is 0 Å². The van der Waals surface area contributed by atoms with Crippen LogP contribution in [0.5, 0.6) is 11.5 Å². The van der Waals surface area contributed by atoms with Crippen LogP contribution in [0.3, 0.4) is 0 Å². The number of ether oxygens (including phenoxy) is 1. The van der Waals surface area contributed by atoms with Gasteiger partial charge in [0, 0.05) is 17.1 Å². The number of hydrogen-bond acceptors (Lipinski definition) is 2. The van der Waals surface area contributed by atoms with Crippen molar-refractivity contribution >= 4 is 39.1 Å². The number of benzene rings is 2. The van der Waals surface area contributed by atoms with E-state index in [1.165, 1.54) is 18.4 Å². The van der Waals surface area contributed by atoms with Crippen LogP contribution in [0, 0.1) is 0 Å². The van der Waals surface area contributed by atoms with Crippen molar-refractivity contribution < 1.29 is 4.74 Å². The van der Waals surface area contributed by atoms with Gasteiger partial charge in [-0.3, -0.25) is 0 Å². The van der Waals surface area contributed by atoms with E-state index in [2.05, 4.69) is 21.2 Å². The second-order valence-electron chi connectivity index (χ2n) is 5.06. The monoisotopic (exact) mass is 385 g/mol. The summed E-state index contributed by atoms with van der Waals surface area (Å²) < 4.78 is 6.82. The average molecular weight is 387 g/mol. The molecule has 3 rings (SSSR count). The lowest BCUT2D eigenvalue weighted by atomic mass is 10.2. The number of halogens is 3. The maximum Gasteiger partial charge on any atom is 0.147 e. The molecule has 0 unspecified atom stereocenters. The van der Waals surface area contributed by atoms with Crippen LogP contribution in [0.1, 0.15) is 18.4 Å². The summed E-state index contributed by atoms with van der Waals surface area (Å²) in [5.41, 5.74) is 1.21. The fraction of sp³-hybridized carbons (Fsp3) is 0.250. The van der Waals surface area contributed by atoms with Crippen LogP contribution in [-0.4, -0.2) is 6.04 Å². The second-order valence-corrected chi connectivity index (χ2v) is 6.70. The fourth-order valence-electron chi connectivity index (χ4n) is 1.97. The molecule has 5 heteroatoms. The highest BCUT2D eigenvalue weighted by Gasteiger charge is 2.20. The molecule has 0 spiro atoms. The lowest BCUT2D eigenvalue weighted by molar-refractivity contribution is 0.482. The molecule has 2 aromatic carbocycles. The van der Waals surface area contributed by atoms with Crippen LogP contribution in [0.2, 0.25) is 10.0 Å². The number of rotatable bonds is 5. The largest absolute Gasteiger partial charge is 0.456 e. The third-order valence-corrected chi connectivity index (χ3v) is 4.87. The normalized spacial score (nSPS) is 14.2. The van der Waals surface area contributed by atoms with Gasteiger partial charge in [0.15, 0.2) is 0 Å². The molecule has 0 amide bonds. The van der Waals surface area contributed by atoms with E-state index in [-0.39, 0.29) is 0 Å². The van der Waals surface area contributed by atoms with Crippen molar-refractivity contribution in [1.29, 1.82) is 0 Å². The first-order valence-electron chi connectivity index (χ1n) is 6.77. The van der Waals surface area contributed by atoms with Crippen LogP contribution in [0.4, 0.5) is 0 Å². The molecule has 0 radical (unpaired) electrons. The maximum atomic E-state index is 6.13. The maximum absolute atomic E-state index is 6.13. The Kier molecular flexibility index (Phi) is 4.75. The van der Waals surface area contributed by atoms with Crippen LogP contribution in [-0.2, 0) is 6.54 Å². The van der Waals surface area contributed by atoms with Crippen LogP contribution in [0.15, 0.2) is 40.9 Å². The van der Waals surface area contributed by atoms with Gasteiger partial charge in [-0.1, -0.05) is 51.3 Å². The topological polar surface area (TPSA) is 21.3 Å². The molecule has 1 saturated carbocycles. The van der Waals surface area contributed by atoms with Gasteiger partial charge in [0.2, 0.25) is 0 Å². The molecule has 0 bridgehead atoms. The predicted molar refractivity (Wildman–Crippen MR) is 90.5 cm³/mol. The Labute approximate surface area is 142 Å². The number of nitrogens with one attached hydrogen (secondary N) is 1. The molecule has 21 heavy (non-hydrogen) atoms. The summed E-state index contributed by atoms with van der Waals surface area (Å²) in [6.07, 6.45) is 2.57. The molecule has 1 aliphatic rings. The van der Waals surface area contributed by atoms with Crippen LogP contribution in [0.25, 0.3) is 0 Å². The Morgan fingerprint density at radius 1 is 1.19 bits per heavy atom. The van der Waals surface area contributed by atoms with Gasteiger partial charge < -0.3 is 10.1 Å². The molecule has 1 N–H and O–H groups in total. The standard InChI is InChI=1S/C16H14BrCl2NO/c17-13-8-12(7-4-10(13)9-20-11-5-6-11)21-15-3-1-2-14(18)16(15)19/h1-4,7-8,11,20H,5-6,9H2. The highest BCUT2D eigenvalue weighted by atomic mass is 79.9. The van der Waals surface area contributed by atoms with E-state index in [9.17, 15) is 0 Å².